The van der Waals surface area contributed by atoms with Crippen molar-refractivity contribution < 1.29 is 24.2 Å². The van der Waals surface area contributed by atoms with Gasteiger partial charge in [0.2, 0.25) is 0 Å². The zero-order valence-electron chi connectivity index (χ0n) is 20.2. The van der Waals surface area contributed by atoms with Crippen LogP contribution in [0.25, 0.3) is 5.65 Å². The molecule has 37 heavy (non-hydrogen) atoms. The van der Waals surface area contributed by atoms with Crippen LogP contribution in [0.15, 0.2) is 54.9 Å². The fraction of sp³-hybridized carbons (Fsp3) is 0.240. The number of carboxylic acid groups (broad SMARTS) is 1. The Morgan fingerprint density at radius 2 is 1.86 bits per heavy atom. The Hall–Kier alpha value is -4.87. The number of ether oxygens (including phenoxy) is 2. The Morgan fingerprint density at radius 3 is 2.59 bits per heavy atom. The summed E-state index contributed by atoms with van der Waals surface area (Å²) in [6.07, 6.45) is 4.17. The summed E-state index contributed by atoms with van der Waals surface area (Å²) in [5, 5.41) is 20.0. The van der Waals surface area contributed by atoms with Gasteiger partial charge in [-0.3, -0.25) is 4.79 Å². The van der Waals surface area contributed by atoms with E-state index in [9.17, 15) is 9.59 Å². The molecule has 0 radical (unpaired) electrons. The molecular formula is C25H25N7O5. The first-order chi connectivity index (χ1) is 17.9. The topological polar surface area (TPSA) is 143 Å². The highest BCUT2D eigenvalue weighted by Gasteiger charge is 2.26. The van der Waals surface area contributed by atoms with Crippen molar-refractivity contribution in [2.24, 2.45) is 0 Å². The van der Waals surface area contributed by atoms with Crippen LogP contribution in [0.1, 0.15) is 27.1 Å². The Morgan fingerprint density at radius 1 is 1.08 bits per heavy atom. The number of methoxy groups -OCH3 is 2. The predicted octanol–water partition coefficient (Wildman–Crippen LogP) is 2.59. The van der Waals surface area contributed by atoms with Crippen LogP contribution >= 0.6 is 0 Å². The van der Waals surface area contributed by atoms with Gasteiger partial charge in [-0.1, -0.05) is 0 Å². The number of pyridine rings is 1. The molecule has 1 atom stereocenters. The lowest BCUT2D eigenvalue weighted by Gasteiger charge is -2.19. The minimum atomic E-state index is -1.03. The van der Waals surface area contributed by atoms with Crippen molar-refractivity contribution in [3.63, 3.8) is 0 Å². The molecule has 1 aromatic carbocycles. The summed E-state index contributed by atoms with van der Waals surface area (Å²) in [7, 11) is 3.08. The molecule has 1 fully saturated rings. The second-order valence-corrected chi connectivity index (χ2v) is 8.43. The average molecular weight is 504 g/mol. The number of hydrogen-bond acceptors (Lipinski definition) is 9. The van der Waals surface area contributed by atoms with Crippen molar-refractivity contribution >= 4 is 34.8 Å². The van der Waals surface area contributed by atoms with Gasteiger partial charge in [0.15, 0.2) is 17.2 Å². The number of amides is 1. The minimum Gasteiger partial charge on any atom is -0.491 e. The van der Waals surface area contributed by atoms with E-state index in [1.54, 1.807) is 36.2 Å². The molecule has 12 nitrogen and oxygen atoms in total. The number of nitrogens with one attached hydrogen (secondary N) is 2. The molecule has 190 valence electrons. The number of benzene rings is 1. The zero-order valence-corrected chi connectivity index (χ0v) is 20.2. The molecule has 0 bridgehead atoms. The van der Waals surface area contributed by atoms with Gasteiger partial charge in [-0.05, 0) is 42.8 Å². The number of carbonyl (C=O) groups excluding carboxylic acids is 1. The van der Waals surface area contributed by atoms with Crippen molar-refractivity contribution in [2.45, 2.75) is 12.5 Å². The fourth-order valence-corrected chi connectivity index (χ4v) is 4.21. The van der Waals surface area contributed by atoms with Gasteiger partial charge in [-0.2, -0.15) is 4.98 Å². The summed E-state index contributed by atoms with van der Waals surface area (Å²) in [6, 6.07) is 11.2. The van der Waals surface area contributed by atoms with E-state index >= 15 is 0 Å². The van der Waals surface area contributed by atoms with Crippen molar-refractivity contribution in [1.29, 1.82) is 0 Å². The molecule has 0 aliphatic carbocycles. The number of imidazole rings is 1. The number of nitrogens with zero attached hydrogens (tertiary/aromatic N) is 5. The van der Waals surface area contributed by atoms with E-state index in [0.29, 0.717) is 47.4 Å². The molecule has 4 aromatic rings. The van der Waals surface area contributed by atoms with Gasteiger partial charge in [-0.15, -0.1) is 5.10 Å². The lowest BCUT2D eigenvalue weighted by molar-refractivity contribution is 0.0696. The lowest BCUT2D eigenvalue weighted by atomic mass is 10.1. The monoisotopic (exact) mass is 503 g/mol. The molecule has 5 rings (SSSR count). The summed E-state index contributed by atoms with van der Waals surface area (Å²) in [5.41, 5.74) is 1.89. The van der Waals surface area contributed by atoms with E-state index in [1.807, 2.05) is 6.07 Å². The number of rotatable bonds is 8. The van der Waals surface area contributed by atoms with Gasteiger partial charge >= 0.3 is 5.97 Å². The van der Waals surface area contributed by atoms with Crippen molar-refractivity contribution in [3.05, 3.63) is 66.0 Å². The number of anilines is 3. The molecule has 12 heteroatoms. The van der Waals surface area contributed by atoms with E-state index in [4.69, 9.17) is 14.6 Å². The molecule has 0 saturated carbocycles. The van der Waals surface area contributed by atoms with Crippen LogP contribution in [0.2, 0.25) is 0 Å². The summed E-state index contributed by atoms with van der Waals surface area (Å²) in [5.74, 6) is 0.880. The Balaban J connectivity index is 1.32. The van der Waals surface area contributed by atoms with E-state index in [1.165, 1.54) is 31.4 Å². The number of hydrogen-bond donors (Lipinski definition) is 3. The van der Waals surface area contributed by atoms with E-state index in [2.05, 4.69) is 30.6 Å². The van der Waals surface area contributed by atoms with Crippen molar-refractivity contribution in [1.82, 2.24) is 24.9 Å². The second kappa shape index (κ2) is 10.0. The lowest BCUT2D eigenvalue weighted by Crippen LogP contribution is -2.37. The first kappa shape index (κ1) is 23.9. The van der Waals surface area contributed by atoms with Crippen LogP contribution in [-0.4, -0.2) is 69.9 Å². The van der Waals surface area contributed by atoms with Crippen LogP contribution in [0.3, 0.4) is 0 Å². The van der Waals surface area contributed by atoms with E-state index < -0.39 is 5.97 Å². The maximum atomic E-state index is 12.7. The minimum absolute atomic E-state index is 0.0872. The second-order valence-electron chi connectivity index (χ2n) is 8.43. The van der Waals surface area contributed by atoms with Crippen molar-refractivity contribution in [2.75, 3.05) is 37.5 Å². The third-order valence-electron chi connectivity index (χ3n) is 6.09. The van der Waals surface area contributed by atoms with Crippen LogP contribution in [0, 0.1) is 0 Å². The molecule has 3 aromatic heterocycles. The molecule has 0 spiro atoms. The first-order valence-corrected chi connectivity index (χ1v) is 11.5. The van der Waals surface area contributed by atoms with Crippen LogP contribution in [-0.2, 0) is 0 Å². The number of carboxylic acids is 1. The molecule has 1 unspecified atom stereocenters. The third-order valence-corrected chi connectivity index (χ3v) is 6.09. The highest BCUT2D eigenvalue weighted by atomic mass is 16.5. The van der Waals surface area contributed by atoms with Gasteiger partial charge in [-0.25, -0.2) is 14.3 Å². The maximum absolute atomic E-state index is 12.7. The molecule has 1 amide bonds. The van der Waals surface area contributed by atoms with Gasteiger partial charge < -0.3 is 30.1 Å². The van der Waals surface area contributed by atoms with E-state index in [-0.39, 0.29) is 17.5 Å². The summed E-state index contributed by atoms with van der Waals surface area (Å²) in [4.78, 5) is 34.7. The van der Waals surface area contributed by atoms with Gasteiger partial charge in [0.25, 0.3) is 11.8 Å². The van der Waals surface area contributed by atoms with E-state index in [0.717, 1.165) is 12.2 Å². The Bertz CT molecular complexity index is 1450. The number of aromatic carboxylic acids is 1. The molecular weight excluding hydrogens is 478 g/mol. The van der Waals surface area contributed by atoms with Gasteiger partial charge in [0.1, 0.15) is 5.82 Å². The molecule has 1 aliphatic heterocycles. The fourth-order valence-electron chi connectivity index (χ4n) is 4.21. The zero-order chi connectivity index (χ0) is 25.9. The average Bonchev–Trinajstić information content (AvgIpc) is 3.58. The normalized spacial score (nSPS) is 15.0. The largest absolute Gasteiger partial charge is 0.491 e. The summed E-state index contributed by atoms with van der Waals surface area (Å²) >= 11 is 0. The van der Waals surface area contributed by atoms with Crippen LogP contribution in [0.5, 0.6) is 11.6 Å². The Labute approximate surface area is 211 Å². The quantitative estimate of drug-likeness (QED) is 0.328. The molecule has 3 N–H and O–H groups in total. The van der Waals surface area contributed by atoms with Crippen LogP contribution < -0.4 is 25.0 Å². The maximum Gasteiger partial charge on any atom is 0.335 e. The highest BCUT2D eigenvalue weighted by Crippen LogP contribution is 2.30. The van der Waals surface area contributed by atoms with Gasteiger partial charge in [0, 0.05) is 43.2 Å². The molecule has 1 saturated heterocycles. The molecule has 1 aliphatic rings. The highest BCUT2D eigenvalue weighted by molar-refractivity contribution is 5.96. The third kappa shape index (κ3) is 4.94. The number of fused-ring (bicyclic) bond motifs is 1. The molecule has 4 heterocycles. The summed E-state index contributed by atoms with van der Waals surface area (Å²) in [6.45, 7) is 1.27. The van der Waals surface area contributed by atoms with Crippen molar-refractivity contribution in [3.8, 4) is 11.6 Å². The summed E-state index contributed by atoms with van der Waals surface area (Å²) < 4.78 is 12.3. The van der Waals surface area contributed by atoms with Gasteiger partial charge in [0.05, 0.1) is 25.5 Å². The van der Waals surface area contributed by atoms with Crippen LogP contribution in [0.4, 0.5) is 17.3 Å². The smallest absolute Gasteiger partial charge is 0.335 e. The number of carbonyl (C=O) groups is 2. The first-order valence-electron chi connectivity index (χ1n) is 11.5. The SMILES string of the molecule is COc1ccc(Nc2cc(N3CCC(NC(=O)c4ccc(C(=O)O)cc4)C3)nn3ccnc23)nc1OC. The standard InChI is InChI=1S/C25H25N7O5/c1-36-19-7-8-20(29-24(19)37-2)28-18-13-21(30-32-12-10-26-22(18)32)31-11-9-17(14-31)27-23(33)15-3-5-16(6-4-15)25(34)35/h3-8,10,12-13,17H,9,11,14H2,1-2H3,(H,27,33)(H,28,29)(H,34,35). The Kier molecular flexibility index (Phi) is 6.45. The predicted molar refractivity (Wildman–Crippen MR) is 135 cm³/mol. The number of aromatic nitrogens is 4.